The lowest BCUT2D eigenvalue weighted by Crippen LogP contribution is -2.56. The average molecular weight is 268 g/mol. The molecule has 1 fully saturated rings. The van der Waals surface area contributed by atoms with Gasteiger partial charge in [-0.15, -0.1) is 11.3 Å². The Labute approximate surface area is 112 Å². The molecule has 0 unspecified atom stereocenters. The molecule has 1 aromatic heterocycles. The Bertz CT molecular complexity index is 438. The summed E-state index contributed by atoms with van der Waals surface area (Å²) in [6.07, 6.45) is 3.73. The minimum Gasteiger partial charge on any atom is -0.477 e. The second-order valence-corrected chi connectivity index (χ2v) is 6.21. The molecule has 100 valence electrons. The van der Waals surface area contributed by atoms with Gasteiger partial charge in [0.05, 0.1) is 0 Å². The summed E-state index contributed by atoms with van der Waals surface area (Å²) in [6, 6.07) is 1.76. The monoisotopic (exact) mass is 268 g/mol. The van der Waals surface area contributed by atoms with Crippen molar-refractivity contribution >= 4 is 23.0 Å². The summed E-state index contributed by atoms with van der Waals surface area (Å²) in [6.45, 7) is 0.954. The second-order valence-electron chi connectivity index (χ2n) is 5.30. The van der Waals surface area contributed by atoms with E-state index in [9.17, 15) is 4.79 Å². The van der Waals surface area contributed by atoms with Gasteiger partial charge < -0.3 is 14.9 Å². The molecule has 1 aromatic rings. The van der Waals surface area contributed by atoms with Crippen molar-refractivity contribution in [2.24, 2.45) is 0 Å². The van der Waals surface area contributed by atoms with Crippen molar-refractivity contribution in [2.45, 2.75) is 24.8 Å². The van der Waals surface area contributed by atoms with E-state index in [1.165, 1.54) is 30.6 Å². The third-order valence-corrected chi connectivity index (χ3v) is 4.91. The van der Waals surface area contributed by atoms with Crippen molar-refractivity contribution in [3.8, 4) is 0 Å². The van der Waals surface area contributed by atoms with E-state index in [-0.39, 0.29) is 5.54 Å². The average Bonchev–Trinajstić information content (AvgIpc) is 2.71. The number of aromatic carboxylic acids is 1. The lowest BCUT2D eigenvalue weighted by Gasteiger charge is -2.49. The number of carboxylic acids is 1. The SMILES string of the molecule is CN(CC1(N(C)C)CCC1)c1csc(C(=O)O)c1. The number of carbonyl (C=O) groups is 1. The van der Waals surface area contributed by atoms with Crippen LogP contribution < -0.4 is 4.90 Å². The predicted molar refractivity (Wildman–Crippen MR) is 74.8 cm³/mol. The Kier molecular flexibility index (Phi) is 3.64. The van der Waals surface area contributed by atoms with Gasteiger partial charge in [-0.3, -0.25) is 0 Å². The minimum absolute atomic E-state index is 0.264. The van der Waals surface area contributed by atoms with Gasteiger partial charge in [0.15, 0.2) is 0 Å². The summed E-state index contributed by atoms with van der Waals surface area (Å²) in [5.74, 6) is -0.842. The summed E-state index contributed by atoms with van der Waals surface area (Å²) < 4.78 is 0. The molecule has 1 aliphatic rings. The van der Waals surface area contributed by atoms with Gasteiger partial charge in [-0.1, -0.05) is 0 Å². The number of likely N-dealkylation sites (N-methyl/N-ethyl adjacent to an activating group) is 2. The maximum Gasteiger partial charge on any atom is 0.345 e. The number of carboxylic acid groups (broad SMARTS) is 1. The van der Waals surface area contributed by atoms with Crippen LogP contribution in [0.2, 0.25) is 0 Å². The van der Waals surface area contributed by atoms with E-state index in [2.05, 4.69) is 23.9 Å². The smallest absolute Gasteiger partial charge is 0.345 e. The number of anilines is 1. The second kappa shape index (κ2) is 4.90. The zero-order valence-corrected chi connectivity index (χ0v) is 12.0. The van der Waals surface area contributed by atoms with Gasteiger partial charge >= 0.3 is 5.97 Å². The quantitative estimate of drug-likeness (QED) is 0.890. The molecule has 0 saturated heterocycles. The van der Waals surface area contributed by atoms with E-state index in [0.717, 1.165) is 12.2 Å². The van der Waals surface area contributed by atoms with Crippen molar-refractivity contribution in [3.63, 3.8) is 0 Å². The van der Waals surface area contributed by atoms with Crippen LogP contribution in [0.5, 0.6) is 0 Å². The van der Waals surface area contributed by atoms with E-state index in [0.29, 0.717) is 4.88 Å². The molecule has 1 heterocycles. The van der Waals surface area contributed by atoms with Crippen LogP contribution in [0.15, 0.2) is 11.4 Å². The highest BCUT2D eigenvalue weighted by molar-refractivity contribution is 7.12. The summed E-state index contributed by atoms with van der Waals surface area (Å²) in [4.78, 5) is 15.8. The van der Waals surface area contributed by atoms with Gasteiger partial charge in [-0.25, -0.2) is 4.79 Å². The molecular weight excluding hydrogens is 248 g/mol. The molecule has 0 aromatic carbocycles. The van der Waals surface area contributed by atoms with Crippen LogP contribution >= 0.6 is 11.3 Å². The Morgan fingerprint density at radius 3 is 2.50 bits per heavy atom. The van der Waals surface area contributed by atoms with Crippen LogP contribution in [0.3, 0.4) is 0 Å². The van der Waals surface area contributed by atoms with Crippen LogP contribution in [-0.2, 0) is 0 Å². The van der Waals surface area contributed by atoms with Crippen LogP contribution in [0.1, 0.15) is 28.9 Å². The summed E-state index contributed by atoms with van der Waals surface area (Å²) in [7, 11) is 6.30. The molecule has 0 aliphatic heterocycles. The zero-order valence-electron chi connectivity index (χ0n) is 11.1. The Morgan fingerprint density at radius 2 is 2.11 bits per heavy atom. The Balaban J connectivity index is 2.06. The molecule has 18 heavy (non-hydrogen) atoms. The van der Waals surface area contributed by atoms with E-state index in [4.69, 9.17) is 5.11 Å². The van der Waals surface area contributed by atoms with Crippen LogP contribution in [0.25, 0.3) is 0 Å². The first-order valence-corrected chi connectivity index (χ1v) is 7.03. The zero-order chi connectivity index (χ0) is 13.3. The van der Waals surface area contributed by atoms with Crippen molar-refractivity contribution in [1.82, 2.24) is 4.90 Å². The number of rotatable bonds is 5. The number of hydrogen-bond acceptors (Lipinski definition) is 4. The fourth-order valence-electron chi connectivity index (χ4n) is 2.50. The molecule has 4 nitrogen and oxygen atoms in total. The predicted octanol–water partition coefficient (Wildman–Crippen LogP) is 2.37. The lowest BCUT2D eigenvalue weighted by atomic mass is 9.75. The van der Waals surface area contributed by atoms with Crippen LogP contribution in [-0.4, -0.2) is 49.2 Å². The van der Waals surface area contributed by atoms with Crippen molar-refractivity contribution in [1.29, 1.82) is 0 Å². The molecular formula is C13H20N2O2S. The fourth-order valence-corrected chi connectivity index (χ4v) is 3.29. The third kappa shape index (κ3) is 2.37. The maximum absolute atomic E-state index is 10.9. The summed E-state index contributed by atoms with van der Waals surface area (Å²) in [5.41, 5.74) is 1.27. The van der Waals surface area contributed by atoms with Gasteiger partial charge in [-0.05, 0) is 39.4 Å². The largest absolute Gasteiger partial charge is 0.477 e. The topological polar surface area (TPSA) is 43.8 Å². The van der Waals surface area contributed by atoms with E-state index >= 15 is 0 Å². The normalized spacial score (nSPS) is 17.6. The van der Waals surface area contributed by atoms with Crippen LogP contribution in [0.4, 0.5) is 5.69 Å². The molecule has 2 rings (SSSR count). The number of thiophene rings is 1. The first kappa shape index (κ1) is 13.4. The number of nitrogens with zero attached hydrogens (tertiary/aromatic N) is 2. The van der Waals surface area contributed by atoms with Gasteiger partial charge in [-0.2, -0.15) is 0 Å². The molecule has 0 bridgehead atoms. The first-order valence-electron chi connectivity index (χ1n) is 6.15. The van der Waals surface area contributed by atoms with E-state index < -0.39 is 5.97 Å². The maximum atomic E-state index is 10.9. The highest BCUT2D eigenvalue weighted by Crippen LogP contribution is 2.37. The Morgan fingerprint density at radius 1 is 1.44 bits per heavy atom. The molecule has 0 amide bonds. The van der Waals surface area contributed by atoms with Crippen LogP contribution in [0, 0.1) is 0 Å². The fraction of sp³-hybridized carbons (Fsp3) is 0.615. The minimum atomic E-state index is -0.842. The highest BCUT2D eigenvalue weighted by atomic mass is 32.1. The number of hydrogen-bond donors (Lipinski definition) is 1. The highest BCUT2D eigenvalue weighted by Gasteiger charge is 2.40. The molecule has 1 aliphatic carbocycles. The standard InChI is InChI=1S/C13H20N2O2S/c1-14(2)13(5-4-6-13)9-15(3)10-7-11(12(16)17)18-8-10/h7-8H,4-6,9H2,1-3H3,(H,16,17). The van der Waals surface area contributed by atoms with Crippen molar-refractivity contribution in [3.05, 3.63) is 16.3 Å². The summed E-state index contributed by atoms with van der Waals surface area (Å²) in [5, 5.41) is 10.9. The lowest BCUT2D eigenvalue weighted by molar-refractivity contribution is 0.0683. The third-order valence-electron chi connectivity index (χ3n) is 4.00. The van der Waals surface area contributed by atoms with Gasteiger partial charge in [0, 0.05) is 30.2 Å². The van der Waals surface area contributed by atoms with Gasteiger partial charge in [0.1, 0.15) is 4.88 Å². The molecule has 0 radical (unpaired) electrons. The summed E-state index contributed by atoms with van der Waals surface area (Å²) >= 11 is 1.29. The van der Waals surface area contributed by atoms with Gasteiger partial charge in [0.2, 0.25) is 0 Å². The van der Waals surface area contributed by atoms with Crippen molar-refractivity contribution < 1.29 is 9.90 Å². The van der Waals surface area contributed by atoms with E-state index in [1.54, 1.807) is 6.07 Å². The van der Waals surface area contributed by atoms with Gasteiger partial charge in [0.25, 0.3) is 0 Å². The molecule has 5 heteroatoms. The molecule has 0 spiro atoms. The Hall–Kier alpha value is -1.07. The van der Waals surface area contributed by atoms with Crippen molar-refractivity contribution in [2.75, 3.05) is 32.6 Å². The first-order chi connectivity index (χ1) is 8.44. The molecule has 1 saturated carbocycles. The molecule has 0 atom stereocenters. The van der Waals surface area contributed by atoms with E-state index in [1.807, 2.05) is 12.4 Å². The molecule has 1 N–H and O–H groups in total.